The Morgan fingerprint density at radius 2 is 2.08 bits per heavy atom. The maximum atomic E-state index is 12.0. The van der Waals surface area contributed by atoms with Crippen LogP contribution in [0.2, 0.25) is 5.02 Å². The summed E-state index contributed by atoms with van der Waals surface area (Å²) in [6, 6.07) is 8.52. The van der Waals surface area contributed by atoms with E-state index in [9.17, 15) is 14.7 Å². The topological polar surface area (TPSA) is 88.5 Å². The summed E-state index contributed by atoms with van der Waals surface area (Å²) in [5.74, 6) is -1.21. The molecule has 2 N–H and O–H groups in total. The van der Waals surface area contributed by atoms with Crippen LogP contribution in [0.5, 0.6) is 5.75 Å². The quantitative estimate of drug-likeness (QED) is 0.784. The van der Waals surface area contributed by atoms with Crippen molar-refractivity contribution in [1.82, 2.24) is 10.3 Å². The summed E-state index contributed by atoms with van der Waals surface area (Å²) in [6.07, 6.45) is 1.53. The number of pyridine rings is 1. The van der Waals surface area contributed by atoms with E-state index in [4.69, 9.17) is 16.3 Å². The fourth-order valence-corrected chi connectivity index (χ4v) is 2.24. The first-order valence-electron chi connectivity index (χ1n) is 7.40. The lowest BCUT2D eigenvalue weighted by Crippen LogP contribution is -2.27. The zero-order valence-corrected chi connectivity index (χ0v) is 13.8. The number of hydrogen-bond donors (Lipinski definition) is 2. The zero-order chi connectivity index (χ0) is 17.5. The molecule has 24 heavy (non-hydrogen) atoms. The Balaban J connectivity index is 2.04. The van der Waals surface area contributed by atoms with Crippen LogP contribution in [0.25, 0.3) is 11.1 Å². The van der Waals surface area contributed by atoms with Gasteiger partial charge in [0.25, 0.3) is 5.91 Å². The van der Waals surface area contributed by atoms with Gasteiger partial charge in [0.05, 0.1) is 13.0 Å². The third kappa shape index (κ3) is 4.70. The molecule has 0 aliphatic carbocycles. The van der Waals surface area contributed by atoms with Crippen molar-refractivity contribution in [3.63, 3.8) is 0 Å². The Kier molecular flexibility index (Phi) is 6.14. The molecule has 1 aromatic carbocycles. The second-order valence-electron chi connectivity index (χ2n) is 4.91. The smallest absolute Gasteiger partial charge is 0.307 e. The third-order valence-corrected chi connectivity index (χ3v) is 3.40. The Hall–Kier alpha value is -2.60. The molecule has 0 saturated heterocycles. The number of benzene rings is 1. The number of rotatable bonds is 6. The van der Waals surface area contributed by atoms with E-state index in [1.807, 2.05) is 6.07 Å². The monoisotopic (exact) mass is 348 g/mol. The number of aromatic nitrogens is 1. The summed E-state index contributed by atoms with van der Waals surface area (Å²) in [7, 11) is 0. The largest absolute Gasteiger partial charge is 0.505 e. The van der Waals surface area contributed by atoms with Crippen LogP contribution < -0.4 is 5.32 Å². The zero-order valence-electron chi connectivity index (χ0n) is 13.1. The van der Waals surface area contributed by atoms with Gasteiger partial charge in [-0.1, -0.05) is 23.7 Å². The van der Waals surface area contributed by atoms with Gasteiger partial charge in [-0.3, -0.25) is 9.59 Å². The van der Waals surface area contributed by atoms with Gasteiger partial charge in [0.1, 0.15) is 5.75 Å². The summed E-state index contributed by atoms with van der Waals surface area (Å²) >= 11 is 5.94. The van der Waals surface area contributed by atoms with E-state index in [2.05, 4.69) is 10.3 Å². The molecular formula is C17H17ClN2O4. The summed E-state index contributed by atoms with van der Waals surface area (Å²) in [4.78, 5) is 27.2. The molecule has 0 aliphatic heterocycles. The van der Waals surface area contributed by atoms with Gasteiger partial charge in [0.2, 0.25) is 0 Å². The van der Waals surface area contributed by atoms with Crippen LogP contribution in [0, 0.1) is 0 Å². The summed E-state index contributed by atoms with van der Waals surface area (Å²) in [5, 5.41) is 13.1. The molecule has 0 unspecified atom stereocenters. The molecule has 0 spiro atoms. The average Bonchev–Trinajstić information content (AvgIpc) is 2.55. The van der Waals surface area contributed by atoms with E-state index in [1.165, 1.54) is 12.3 Å². The normalized spacial score (nSPS) is 10.2. The van der Waals surface area contributed by atoms with Gasteiger partial charge >= 0.3 is 5.97 Å². The molecule has 6 nitrogen and oxygen atoms in total. The number of carbonyl (C=O) groups excluding carboxylic acids is 2. The molecule has 0 aliphatic rings. The van der Waals surface area contributed by atoms with E-state index < -0.39 is 11.9 Å². The number of halogens is 1. The maximum Gasteiger partial charge on any atom is 0.307 e. The van der Waals surface area contributed by atoms with E-state index >= 15 is 0 Å². The predicted octanol–water partition coefficient (Wildman–Crippen LogP) is 2.79. The van der Waals surface area contributed by atoms with Gasteiger partial charge in [-0.15, -0.1) is 0 Å². The van der Waals surface area contributed by atoms with Crippen molar-refractivity contribution in [3.05, 3.63) is 47.2 Å². The minimum atomic E-state index is -0.561. The number of aromatic hydroxyl groups is 1. The lowest BCUT2D eigenvalue weighted by atomic mass is 10.1. The standard InChI is InChI=1S/C17H17ClN2O4/c1-2-24-15(22)6-7-19-17(23)16-14(21)9-12(10-20-16)11-4-3-5-13(18)8-11/h3-5,8-10,21H,2,6-7H2,1H3,(H,19,23). The molecule has 0 radical (unpaired) electrons. The van der Waals surface area contributed by atoms with Gasteiger partial charge in [-0.25, -0.2) is 4.98 Å². The van der Waals surface area contributed by atoms with Crippen LogP contribution in [0.1, 0.15) is 23.8 Å². The SMILES string of the molecule is CCOC(=O)CCNC(=O)c1ncc(-c2cccc(Cl)c2)cc1O. The van der Waals surface area contributed by atoms with Gasteiger partial charge in [-0.05, 0) is 30.7 Å². The molecule has 126 valence electrons. The van der Waals surface area contributed by atoms with E-state index in [1.54, 1.807) is 25.1 Å². The minimum Gasteiger partial charge on any atom is -0.505 e. The molecule has 1 aromatic heterocycles. The van der Waals surface area contributed by atoms with Crippen LogP contribution in [-0.4, -0.2) is 35.1 Å². The predicted molar refractivity (Wildman–Crippen MR) is 89.9 cm³/mol. The molecule has 0 fully saturated rings. The maximum absolute atomic E-state index is 12.0. The van der Waals surface area contributed by atoms with Crippen LogP contribution in [0.4, 0.5) is 0 Å². The Bertz CT molecular complexity index is 749. The Morgan fingerprint density at radius 3 is 2.75 bits per heavy atom. The van der Waals surface area contributed by atoms with Gasteiger partial charge in [-0.2, -0.15) is 0 Å². The van der Waals surface area contributed by atoms with Gasteiger partial charge < -0.3 is 15.2 Å². The van der Waals surface area contributed by atoms with Crippen LogP contribution in [0.15, 0.2) is 36.5 Å². The van der Waals surface area contributed by atoms with Crippen molar-refractivity contribution >= 4 is 23.5 Å². The first kappa shape index (κ1) is 17.7. The van der Waals surface area contributed by atoms with Crippen molar-refractivity contribution in [2.24, 2.45) is 0 Å². The highest BCUT2D eigenvalue weighted by Gasteiger charge is 2.14. The van der Waals surface area contributed by atoms with Crippen molar-refractivity contribution < 1.29 is 19.4 Å². The molecule has 7 heteroatoms. The van der Waals surface area contributed by atoms with Crippen LogP contribution in [0.3, 0.4) is 0 Å². The van der Waals surface area contributed by atoms with Gasteiger partial charge in [0, 0.05) is 23.3 Å². The highest BCUT2D eigenvalue weighted by Crippen LogP contribution is 2.26. The number of hydrogen-bond acceptors (Lipinski definition) is 5. The fraction of sp³-hybridized carbons (Fsp3) is 0.235. The highest BCUT2D eigenvalue weighted by molar-refractivity contribution is 6.30. The number of ether oxygens (including phenoxy) is 1. The number of esters is 1. The highest BCUT2D eigenvalue weighted by atomic mass is 35.5. The summed E-state index contributed by atoms with van der Waals surface area (Å²) in [5.41, 5.74) is 1.31. The second kappa shape index (κ2) is 8.31. The van der Waals surface area contributed by atoms with E-state index in [-0.39, 0.29) is 24.4 Å². The molecule has 1 amide bonds. The Labute approximate surface area is 144 Å². The van der Waals surface area contributed by atoms with Crippen molar-refractivity contribution in [2.75, 3.05) is 13.2 Å². The van der Waals surface area contributed by atoms with Crippen molar-refractivity contribution in [2.45, 2.75) is 13.3 Å². The molecular weight excluding hydrogens is 332 g/mol. The summed E-state index contributed by atoms with van der Waals surface area (Å²) < 4.78 is 4.76. The van der Waals surface area contributed by atoms with Crippen molar-refractivity contribution in [1.29, 1.82) is 0 Å². The number of nitrogens with zero attached hydrogens (tertiary/aromatic N) is 1. The van der Waals surface area contributed by atoms with Crippen LogP contribution in [-0.2, 0) is 9.53 Å². The lowest BCUT2D eigenvalue weighted by molar-refractivity contribution is -0.142. The first-order valence-corrected chi connectivity index (χ1v) is 7.78. The number of carbonyl (C=O) groups is 2. The molecule has 0 saturated carbocycles. The second-order valence-corrected chi connectivity index (χ2v) is 5.35. The molecule has 0 atom stereocenters. The number of amides is 1. The van der Waals surface area contributed by atoms with E-state index in [0.717, 1.165) is 5.56 Å². The first-order chi connectivity index (χ1) is 11.5. The van der Waals surface area contributed by atoms with E-state index in [0.29, 0.717) is 17.2 Å². The van der Waals surface area contributed by atoms with Crippen molar-refractivity contribution in [3.8, 4) is 16.9 Å². The summed E-state index contributed by atoms with van der Waals surface area (Å²) in [6.45, 7) is 2.11. The average molecular weight is 349 g/mol. The molecule has 0 bridgehead atoms. The van der Waals surface area contributed by atoms with Gasteiger partial charge in [0.15, 0.2) is 5.69 Å². The molecule has 2 aromatic rings. The number of nitrogens with one attached hydrogen (secondary N) is 1. The molecule has 1 heterocycles. The third-order valence-electron chi connectivity index (χ3n) is 3.16. The minimum absolute atomic E-state index is 0.0565. The lowest BCUT2D eigenvalue weighted by Gasteiger charge is -2.08. The fourth-order valence-electron chi connectivity index (χ4n) is 2.05. The Morgan fingerprint density at radius 1 is 1.29 bits per heavy atom. The van der Waals surface area contributed by atoms with Crippen LogP contribution >= 0.6 is 11.6 Å². The molecule has 2 rings (SSSR count).